The first-order chi connectivity index (χ1) is 5.89. The van der Waals surface area contributed by atoms with E-state index >= 15 is 0 Å². The molecule has 80 valence electrons. The largest absolute Gasteiger partial charge is 0.396 e. The van der Waals surface area contributed by atoms with Crippen molar-refractivity contribution in [1.29, 1.82) is 0 Å². The van der Waals surface area contributed by atoms with Crippen LogP contribution in [-0.2, 0) is 10.1 Å². The summed E-state index contributed by atoms with van der Waals surface area (Å²) in [6.45, 7) is 1.18. The Kier molecular flexibility index (Phi) is 4.83. The highest BCUT2D eigenvalue weighted by Gasteiger charge is 2.28. The Morgan fingerprint density at radius 3 is 1.92 bits per heavy atom. The van der Waals surface area contributed by atoms with Crippen molar-refractivity contribution in [2.45, 2.75) is 19.8 Å². The van der Waals surface area contributed by atoms with Gasteiger partial charge in [0.2, 0.25) is 0 Å². The van der Waals surface area contributed by atoms with Gasteiger partial charge in [0.05, 0.1) is 19.0 Å². The molecule has 0 aliphatic carbocycles. The van der Waals surface area contributed by atoms with Crippen molar-refractivity contribution >= 4 is 10.1 Å². The van der Waals surface area contributed by atoms with E-state index in [0.717, 1.165) is 0 Å². The zero-order valence-electron chi connectivity index (χ0n) is 7.60. The molecular formula is C7H16O5S. The van der Waals surface area contributed by atoms with Crippen molar-refractivity contribution in [1.82, 2.24) is 0 Å². The predicted molar refractivity (Wildman–Crippen MR) is 47.9 cm³/mol. The molecule has 6 heteroatoms. The van der Waals surface area contributed by atoms with Gasteiger partial charge in [0, 0.05) is 5.41 Å². The van der Waals surface area contributed by atoms with Gasteiger partial charge in [0.15, 0.2) is 0 Å². The molecule has 0 atom stereocenters. The second-order valence-corrected chi connectivity index (χ2v) is 4.78. The standard InChI is InChI=1S/C7H16O5S/c1-2-7(5-8,6-9)3-4-13(10,11)12/h8-9H,2-6H2,1H3,(H,10,11,12). The zero-order valence-corrected chi connectivity index (χ0v) is 8.42. The van der Waals surface area contributed by atoms with Gasteiger partial charge in [-0.15, -0.1) is 0 Å². The van der Waals surface area contributed by atoms with Crippen LogP contribution in [0, 0.1) is 5.41 Å². The maximum Gasteiger partial charge on any atom is 0.264 e. The van der Waals surface area contributed by atoms with Crippen LogP contribution in [0.15, 0.2) is 0 Å². The van der Waals surface area contributed by atoms with Crippen molar-refractivity contribution in [3.05, 3.63) is 0 Å². The summed E-state index contributed by atoms with van der Waals surface area (Å²) in [5.74, 6) is -0.429. The van der Waals surface area contributed by atoms with Crippen LogP contribution in [-0.4, -0.2) is 42.2 Å². The lowest BCUT2D eigenvalue weighted by atomic mass is 9.84. The molecule has 0 aliphatic rings. The molecule has 0 heterocycles. The lowest BCUT2D eigenvalue weighted by Gasteiger charge is -2.27. The fourth-order valence-corrected chi connectivity index (χ4v) is 1.64. The number of aliphatic hydroxyl groups is 2. The Balaban J connectivity index is 4.27. The maximum absolute atomic E-state index is 10.4. The van der Waals surface area contributed by atoms with Gasteiger partial charge in [-0.05, 0) is 12.8 Å². The highest BCUT2D eigenvalue weighted by Crippen LogP contribution is 2.25. The first-order valence-electron chi connectivity index (χ1n) is 4.06. The van der Waals surface area contributed by atoms with Gasteiger partial charge < -0.3 is 10.2 Å². The Morgan fingerprint density at radius 2 is 1.69 bits per heavy atom. The average Bonchev–Trinajstić information content (AvgIpc) is 2.06. The summed E-state index contributed by atoms with van der Waals surface area (Å²) in [4.78, 5) is 0. The normalized spacial score (nSPS) is 13.2. The third kappa shape index (κ3) is 4.56. The molecule has 0 fully saturated rings. The van der Waals surface area contributed by atoms with Crippen LogP contribution < -0.4 is 0 Å². The van der Waals surface area contributed by atoms with E-state index in [-0.39, 0.29) is 19.6 Å². The summed E-state index contributed by atoms with van der Waals surface area (Å²) in [6.07, 6.45) is 0.533. The summed E-state index contributed by atoms with van der Waals surface area (Å²) in [7, 11) is -4.01. The van der Waals surface area contributed by atoms with Gasteiger partial charge in [-0.3, -0.25) is 4.55 Å². The van der Waals surface area contributed by atoms with E-state index in [1.165, 1.54) is 0 Å². The van der Waals surface area contributed by atoms with Crippen LogP contribution in [0.1, 0.15) is 19.8 Å². The summed E-state index contributed by atoms with van der Waals surface area (Å²) in [5.41, 5.74) is -0.796. The Labute approximate surface area is 78.1 Å². The summed E-state index contributed by atoms with van der Waals surface area (Å²) in [6, 6.07) is 0. The van der Waals surface area contributed by atoms with Gasteiger partial charge >= 0.3 is 0 Å². The van der Waals surface area contributed by atoms with Gasteiger partial charge in [-0.25, -0.2) is 0 Å². The molecule has 0 saturated heterocycles. The molecule has 0 unspecified atom stereocenters. The smallest absolute Gasteiger partial charge is 0.264 e. The highest BCUT2D eigenvalue weighted by molar-refractivity contribution is 7.85. The first kappa shape index (κ1) is 12.8. The molecule has 5 nitrogen and oxygen atoms in total. The van der Waals surface area contributed by atoms with E-state index in [4.69, 9.17) is 14.8 Å². The molecule has 0 aliphatic heterocycles. The van der Waals surface area contributed by atoms with Crippen LogP contribution >= 0.6 is 0 Å². The Hall–Kier alpha value is -0.170. The van der Waals surface area contributed by atoms with E-state index in [1.54, 1.807) is 6.92 Å². The average molecular weight is 212 g/mol. The molecule has 0 aromatic carbocycles. The monoisotopic (exact) mass is 212 g/mol. The van der Waals surface area contributed by atoms with Crippen LogP contribution in [0.5, 0.6) is 0 Å². The van der Waals surface area contributed by atoms with Crippen LogP contribution in [0.3, 0.4) is 0 Å². The topological polar surface area (TPSA) is 94.8 Å². The van der Waals surface area contributed by atoms with Gasteiger partial charge in [-0.1, -0.05) is 6.92 Å². The Bertz CT molecular complexity index is 221. The van der Waals surface area contributed by atoms with Crippen molar-refractivity contribution < 1.29 is 23.2 Å². The second-order valence-electron chi connectivity index (χ2n) is 3.21. The van der Waals surface area contributed by atoms with Crippen molar-refractivity contribution in [2.75, 3.05) is 19.0 Å². The first-order valence-corrected chi connectivity index (χ1v) is 5.67. The minimum Gasteiger partial charge on any atom is -0.396 e. The quantitative estimate of drug-likeness (QED) is 0.523. The minimum absolute atomic E-state index is 0.0648. The number of hydrogen-bond donors (Lipinski definition) is 3. The molecule has 0 bridgehead atoms. The van der Waals surface area contributed by atoms with Crippen molar-refractivity contribution in [3.8, 4) is 0 Å². The van der Waals surface area contributed by atoms with Crippen molar-refractivity contribution in [3.63, 3.8) is 0 Å². The third-order valence-electron chi connectivity index (χ3n) is 2.31. The highest BCUT2D eigenvalue weighted by atomic mass is 32.2. The molecule has 0 spiro atoms. The van der Waals surface area contributed by atoms with Gasteiger partial charge in [0.25, 0.3) is 10.1 Å². The zero-order chi connectivity index (χ0) is 10.5. The number of hydrogen-bond acceptors (Lipinski definition) is 4. The maximum atomic E-state index is 10.4. The predicted octanol–water partition coefficient (Wildman–Crippen LogP) is -0.355. The molecule has 0 aromatic heterocycles. The van der Waals surface area contributed by atoms with Crippen LogP contribution in [0.4, 0.5) is 0 Å². The molecule has 0 rings (SSSR count). The SMILES string of the molecule is CCC(CO)(CO)CCS(=O)(=O)O. The van der Waals surface area contributed by atoms with E-state index in [1.807, 2.05) is 0 Å². The van der Waals surface area contributed by atoms with E-state index in [9.17, 15) is 8.42 Å². The third-order valence-corrected chi connectivity index (χ3v) is 3.03. The minimum atomic E-state index is -4.01. The van der Waals surface area contributed by atoms with E-state index < -0.39 is 21.3 Å². The van der Waals surface area contributed by atoms with E-state index in [2.05, 4.69) is 0 Å². The summed E-state index contributed by atoms with van der Waals surface area (Å²) in [5, 5.41) is 17.9. The summed E-state index contributed by atoms with van der Waals surface area (Å²) < 4.78 is 29.3. The molecular weight excluding hydrogens is 196 g/mol. The lowest BCUT2D eigenvalue weighted by Crippen LogP contribution is -2.31. The second kappa shape index (κ2) is 4.90. The van der Waals surface area contributed by atoms with Crippen molar-refractivity contribution in [2.24, 2.45) is 5.41 Å². The fourth-order valence-electron chi connectivity index (χ4n) is 0.954. The lowest BCUT2D eigenvalue weighted by molar-refractivity contribution is 0.0484. The van der Waals surface area contributed by atoms with Gasteiger partial charge in [-0.2, -0.15) is 8.42 Å². The number of rotatable bonds is 6. The molecule has 0 radical (unpaired) electrons. The molecule has 0 aromatic rings. The molecule has 0 saturated carbocycles. The summed E-state index contributed by atoms with van der Waals surface area (Å²) >= 11 is 0. The van der Waals surface area contributed by atoms with E-state index in [0.29, 0.717) is 6.42 Å². The molecule has 3 N–H and O–H groups in total. The molecule has 0 amide bonds. The van der Waals surface area contributed by atoms with Crippen LogP contribution in [0.2, 0.25) is 0 Å². The number of aliphatic hydroxyl groups excluding tert-OH is 2. The Morgan fingerprint density at radius 1 is 1.23 bits per heavy atom. The van der Waals surface area contributed by atoms with Crippen LogP contribution in [0.25, 0.3) is 0 Å². The fraction of sp³-hybridized carbons (Fsp3) is 1.00. The molecule has 13 heavy (non-hydrogen) atoms. The van der Waals surface area contributed by atoms with Gasteiger partial charge in [0.1, 0.15) is 0 Å².